The summed E-state index contributed by atoms with van der Waals surface area (Å²) in [4.78, 5) is 0. The molecule has 0 amide bonds. The van der Waals surface area contributed by atoms with Crippen LogP contribution in [-0.4, -0.2) is 119 Å². The lowest BCUT2D eigenvalue weighted by Crippen LogP contribution is -2.69. The van der Waals surface area contributed by atoms with E-state index in [2.05, 4.69) is 0 Å². The van der Waals surface area contributed by atoms with E-state index < -0.39 is 294 Å². The van der Waals surface area contributed by atoms with E-state index in [1.807, 2.05) is 0 Å². The third-order valence-electron chi connectivity index (χ3n) is 18.2. The number of halogens is 52. The standard InChI is InChI=1S/C68H38F52S3/c1-30-40(45(69,70)49(77,78)53(85,86)57(93,94)61(101,102)65(109,110)111)21-35(22-41(30)46(71,72)50(79,80)54(87,88)58(95,96)62(103,104)66(112,113)114)27-121-25-32-18-33(20-34(19-32)29-123-44(37-12-6-3-7-13-37,38-14-8-4-9-15-38)39-16-10-5-11-17-39)26-122-28-36-23-42(47(73,74)51(81,82)55(89,90)59(97,98)63(105,106)67(115,116)117)31(2)43(24-36)48(75,76)52(83,84)56(91,92)60(99,100)64(107,108)68(118,119)120/h3-24H,25-29H2,1-2H3. The Morgan fingerprint density at radius 1 is 0.187 bits per heavy atom. The Bertz CT molecular complexity index is 4190. The second-order valence-corrected chi connectivity index (χ2v) is 29.5. The van der Waals surface area contributed by atoms with Gasteiger partial charge in [0.1, 0.15) is 0 Å². The summed E-state index contributed by atoms with van der Waals surface area (Å²) in [6.07, 6.45) is -32.9. The van der Waals surface area contributed by atoms with E-state index in [-0.39, 0.29) is 22.3 Å². The van der Waals surface area contributed by atoms with Gasteiger partial charge in [-0.15, -0.1) is 11.8 Å². The normalized spacial score (nSPS) is 15.3. The Morgan fingerprint density at radius 3 is 0.512 bits per heavy atom. The van der Waals surface area contributed by atoms with Crippen LogP contribution >= 0.6 is 35.3 Å². The molecule has 0 aliphatic heterocycles. The van der Waals surface area contributed by atoms with Crippen LogP contribution in [0.4, 0.5) is 228 Å². The molecule has 6 aromatic carbocycles. The van der Waals surface area contributed by atoms with E-state index in [0.29, 0.717) is 6.07 Å². The minimum atomic E-state index is -9.05. The molecule has 0 aromatic heterocycles. The molecule has 6 aromatic rings. The van der Waals surface area contributed by atoms with Crippen molar-refractivity contribution in [3.8, 4) is 0 Å². The van der Waals surface area contributed by atoms with Crippen LogP contribution in [0.15, 0.2) is 133 Å². The zero-order valence-corrected chi connectivity index (χ0v) is 61.1. The van der Waals surface area contributed by atoms with E-state index in [9.17, 15) is 123 Å². The molecule has 0 unspecified atom stereocenters. The molecule has 0 saturated carbocycles. The first-order chi connectivity index (χ1) is 54.6. The molecule has 55 heteroatoms. The SMILES string of the molecule is Cc1c(C(F)(F)C(F)(F)C(F)(F)C(F)(F)C(F)(F)C(F)(F)F)cc(CSCc2cc(CSCc3cc(C(F)(F)C(F)(F)C(F)(F)C(F)(F)C(F)(F)C(F)(F)F)c(C)c(C(F)(F)C(F)(F)C(F)(F)C(F)(F)C(F)(F)C(F)(F)F)c3)cc(CSC(c3ccccc3)(c3ccccc3)c3ccccc3)c2)cc1C(F)(F)C(F)(F)C(F)(F)C(F)(F)C(F)(F)C(F)(F)F. The molecule has 0 aliphatic carbocycles. The molecule has 0 N–H and O–H groups in total. The van der Waals surface area contributed by atoms with Crippen LogP contribution in [0.25, 0.3) is 0 Å². The van der Waals surface area contributed by atoms with Crippen LogP contribution in [0.1, 0.15) is 77.9 Å². The molecule has 123 heavy (non-hydrogen) atoms. The first kappa shape index (κ1) is 105. The summed E-state index contributed by atoms with van der Waals surface area (Å²) < 4.78 is 757. The maximum absolute atomic E-state index is 16.2. The first-order valence-corrected chi connectivity index (χ1v) is 35.1. The lowest BCUT2D eigenvalue weighted by atomic mass is 9.83. The summed E-state index contributed by atoms with van der Waals surface area (Å²) in [6, 6.07) is 18.9. The molecule has 0 radical (unpaired) electrons. The lowest BCUT2D eigenvalue weighted by Gasteiger charge is -2.41. The maximum Gasteiger partial charge on any atom is 0.460 e. The second kappa shape index (κ2) is 32.2. The van der Waals surface area contributed by atoms with Gasteiger partial charge >= 0.3 is 143 Å². The number of hydrogen-bond donors (Lipinski definition) is 0. The highest BCUT2D eigenvalue weighted by atomic mass is 32.2. The molecule has 0 fully saturated rings. The van der Waals surface area contributed by atoms with Crippen molar-refractivity contribution >= 4 is 35.3 Å². The summed E-state index contributed by atoms with van der Waals surface area (Å²) in [5.74, 6) is -182. The van der Waals surface area contributed by atoms with Crippen LogP contribution in [-0.2, 0) is 57.2 Å². The van der Waals surface area contributed by atoms with Gasteiger partial charge in [-0.05, 0) is 93.7 Å². The minimum Gasteiger partial charge on any atom is -0.194 e. The van der Waals surface area contributed by atoms with Gasteiger partial charge < -0.3 is 0 Å². The van der Waals surface area contributed by atoms with Gasteiger partial charge in [0.15, 0.2) is 0 Å². The van der Waals surface area contributed by atoms with Crippen molar-refractivity contribution in [1.82, 2.24) is 0 Å². The monoisotopic (exact) mass is 1940 g/mol. The third kappa shape index (κ3) is 16.1. The molecule has 0 spiro atoms. The summed E-state index contributed by atoms with van der Waals surface area (Å²) in [7, 11) is 0. The fourth-order valence-electron chi connectivity index (χ4n) is 11.4. The fraction of sp³-hybridized carbons (Fsp3) is 0.471. The molecule has 6 rings (SSSR count). The molecule has 0 nitrogen and oxygen atoms in total. The fourth-order valence-corrected chi connectivity index (χ4v) is 14.7. The molecular weight excluding hydrogens is 1900 g/mol. The number of hydrogen-bond acceptors (Lipinski definition) is 3. The molecule has 0 bridgehead atoms. The van der Waals surface area contributed by atoms with Crippen LogP contribution in [0.5, 0.6) is 0 Å². The Labute approximate surface area is 663 Å². The molecule has 0 heterocycles. The predicted molar refractivity (Wildman–Crippen MR) is 328 cm³/mol. The first-order valence-electron chi connectivity index (χ1n) is 31.8. The molecule has 0 saturated heterocycles. The summed E-state index contributed by atoms with van der Waals surface area (Å²) in [5, 5.41) is 0. The largest absolute Gasteiger partial charge is 0.460 e. The molecular formula is C68H38F52S3. The summed E-state index contributed by atoms with van der Waals surface area (Å²) >= 11 is -0.0363. The number of rotatable bonds is 34. The number of thioether (sulfide) groups is 3. The van der Waals surface area contributed by atoms with Crippen LogP contribution < -0.4 is 0 Å². The second-order valence-electron chi connectivity index (χ2n) is 26.3. The van der Waals surface area contributed by atoms with Crippen LogP contribution in [0, 0.1) is 13.8 Å². The van der Waals surface area contributed by atoms with E-state index in [1.165, 1.54) is 91.0 Å². The summed E-state index contributed by atoms with van der Waals surface area (Å²) in [6.45, 7) is -1.93. The smallest absolute Gasteiger partial charge is 0.194 e. The van der Waals surface area contributed by atoms with Crippen LogP contribution in [0.2, 0.25) is 0 Å². The van der Waals surface area contributed by atoms with E-state index in [1.54, 1.807) is 0 Å². The molecule has 0 aliphatic rings. The Hall–Kier alpha value is -7.27. The average molecular weight is 1940 g/mol. The van der Waals surface area contributed by atoms with Crippen molar-refractivity contribution < 1.29 is 228 Å². The Morgan fingerprint density at radius 2 is 0.341 bits per heavy atom. The highest BCUT2D eigenvalue weighted by molar-refractivity contribution is 8.00. The van der Waals surface area contributed by atoms with Crippen molar-refractivity contribution in [2.75, 3.05) is 0 Å². The van der Waals surface area contributed by atoms with Crippen molar-refractivity contribution in [3.63, 3.8) is 0 Å². The zero-order valence-electron chi connectivity index (χ0n) is 58.6. The number of alkyl halides is 52. The summed E-state index contributed by atoms with van der Waals surface area (Å²) in [5.41, 5.74) is -27.8. The van der Waals surface area contributed by atoms with Crippen molar-refractivity contribution in [1.29, 1.82) is 0 Å². The van der Waals surface area contributed by atoms with Gasteiger partial charge in [0, 0.05) is 51.0 Å². The molecule has 692 valence electrons. The Kier molecular flexibility index (Phi) is 27.3. The van der Waals surface area contributed by atoms with Gasteiger partial charge in [-0.25, -0.2) is 0 Å². The minimum absolute atomic E-state index is 0.267. The maximum atomic E-state index is 16.2. The topological polar surface area (TPSA) is 0 Å². The van der Waals surface area contributed by atoms with Gasteiger partial charge in [0.2, 0.25) is 0 Å². The highest BCUT2D eigenvalue weighted by Gasteiger charge is 2.96. The third-order valence-corrected chi connectivity index (χ3v) is 22.0. The van der Waals surface area contributed by atoms with E-state index in [0.717, 1.165) is 23.9 Å². The number of benzene rings is 6. The Balaban J connectivity index is 1.65. The van der Waals surface area contributed by atoms with Crippen molar-refractivity contribution in [3.05, 3.63) is 211 Å². The molecule has 0 atom stereocenters. The van der Waals surface area contributed by atoms with Gasteiger partial charge in [-0.2, -0.15) is 252 Å². The van der Waals surface area contributed by atoms with Gasteiger partial charge in [-0.3, -0.25) is 0 Å². The van der Waals surface area contributed by atoms with E-state index in [4.69, 9.17) is 0 Å². The zero-order chi connectivity index (χ0) is 95.8. The van der Waals surface area contributed by atoms with Gasteiger partial charge in [0.05, 0.1) is 4.75 Å². The predicted octanol–water partition coefficient (Wildman–Crippen LogP) is 29.2. The van der Waals surface area contributed by atoms with Gasteiger partial charge in [0.25, 0.3) is 0 Å². The van der Waals surface area contributed by atoms with E-state index >= 15 is 105 Å². The van der Waals surface area contributed by atoms with Crippen LogP contribution in [0.3, 0.4) is 0 Å². The van der Waals surface area contributed by atoms with Gasteiger partial charge in [-0.1, -0.05) is 109 Å². The highest BCUT2D eigenvalue weighted by Crippen LogP contribution is 2.69. The lowest BCUT2D eigenvalue weighted by molar-refractivity contribution is -0.442. The van der Waals surface area contributed by atoms with Crippen molar-refractivity contribution in [2.24, 2.45) is 0 Å². The average Bonchev–Trinajstić information content (AvgIpc) is 0.701. The van der Waals surface area contributed by atoms with Crippen molar-refractivity contribution in [2.45, 2.75) is 191 Å². The quantitative estimate of drug-likeness (QED) is 0.0292.